The van der Waals surface area contributed by atoms with E-state index in [0.29, 0.717) is 16.9 Å². The van der Waals surface area contributed by atoms with E-state index in [1.165, 1.54) is 18.5 Å². The molecule has 0 aromatic heterocycles. The Bertz CT molecular complexity index is 940. The average Bonchev–Trinajstić information content (AvgIpc) is 2.68. The quantitative estimate of drug-likeness (QED) is 0.673. The molecule has 0 saturated carbocycles. The Hall–Kier alpha value is -2.38. The van der Waals surface area contributed by atoms with Crippen molar-refractivity contribution in [2.75, 3.05) is 14.2 Å². The van der Waals surface area contributed by atoms with Crippen LogP contribution in [-0.4, -0.2) is 38.8 Å². The molecule has 0 saturated heterocycles. The molecule has 0 radical (unpaired) electrons. The van der Waals surface area contributed by atoms with Crippen molar-refractivity contribution in [2.24, 2.45) is 0 Å². The van der Waals surface area contributed by atoms with E-state index >= 15 is 0 Å². The average molecular weight is 419 g/mol. The molecule has 0 aliphatic carbocycles. The Morgan fingerprint density at radius 1 is 1.17 bits per heavy atom. The van der Waals surface area contributed by atoms with Gasteiger partial charge in [-0.3, -0.25) is 4.79 Å². The van der Waals surface area contributed by atoms with Crippen LogP contribution in [0, 0.1) is 6.92 Å². The number of sulfonamides is 1. The van der Waals surface area contributed by atoms with Gasteiger partial charge in [-0.25, -0.2) is 8.42 Å². The summed E-state index contributed by atoms with van der Waals surface area (Å²) in [6, 6.07) is 11.9. The number of carbonyl (C=O) groups excluding carboxylic acids is 1. The second-order valence-electron chi connectivity index (χ2n) is 7.26. The Labute approximate surface area is 173 Å². The second-order valence-corrected chi connectivity index (χ2v) is 9.31. The zero-order valence-corrected chi connectivity index (χ0v) is 18.5. The van der Waals surface area contributed by atoms with Gasteiger partial charge in [0.2, 0.25) is 10.0 Å². The summed E-state index contributed by atoms with van der Waals surface area (Å²) < 4.78 is 32.4. The van der Waals surface area contributed by atoms with Crippen LogP contribution < -0.4 is 10.1 Å². The van der Waals surface area contributed by atoms with E-state index in [1.54, 1.807) is 42.5 Å². The number of nitrogens with one attached hydrogen (secondary N) is 1. The molecule has 7 heteroatoms. The van der Waals surface area contributed by atoms with E-state index < -0.39 is 10.0 Å². The van der Waals surface area contributed by atoms with Crippen LogP contribution in [0.4, 0.5) is 0 Å². The topological polar surface area (TPSA) is 75.7 Å². The number of hydrogen-bond acceptors (Lipinski definition) is 4. The molecule has 6 nitrogen and oxygen atoms in total. The third kappa shape index (κ3) is 5.81. The second kappa shape index (κ2) is 9.89. The van der Waals surface area contributed by atoms with Crippen LogP contribution in [0.2, 0.25) is 0 Å². The number of hydrogen-bond donors (Lipinski definition) is 1. The molecule has 29 heavy (non-hydrogen) atoms. The van der Waals surface area contributed by atoms with E-state index in [4.69, 9.17) is 4.74 Å². The van der Waals surface area contributed by atoms with Crippen LogP contribution in [0.1, 0.15) is 48.2 Å². The molecule has 0 aliphatic rings. The van der Waals surface area contributed by atoms with E-state index in [1.807, 2.05) is 13.8 Å². The standard InChI is InChI=1S/C22H30N2O4S/c1-6-7-17(3)23-22(25)18-10-13-21(28-5)19(14-18)15-24(4)29(26,27)20-11-8-16(2)9-12-20/h8-14,17H,6-7,15H2,1-5H3,(H,23,25). The van der Waals surface area contributed by atoms with Crippen LogP contribution in [0.5, 0.6) is 5.75 Å². The molecule has 1 N–H and O–H groups in total. The Morgan fingerprint density at radius 2 is 1.83 bits per heavy atom. The fraction of sp³-hybridized carbons (Fsp3) is 0.409. The summed E-state index contributed by atoms with van der Waals surface area (Å²) in [5, 5.41) is 2.96. The van der Waals surface area contributed by atoms with Crippen LogP contribution >= 0.6 is 0 Å². The molecular weight excluding hydrogens is 388 g/mol. The number of carbonyl (C=O) groups is 1. The minimum Gasteiger partial charge on any atom is -0.496 e. The Balaban J connectivity index is 2.26. The fourth-order valence-corrected chi connectivity index (χ4v) is 4.22. The van der Waals surface area contributed by atoms with Crippen molar-refractivity contribution in [3.05, 3.63) is 59.2 Å². The first-order valence-electron chi connectivity index (χ1n) is 9.69. The minimum absolute atomic E-state index is 0.0719. The third-order valence-electron chi connectivity index (χ3n) is 4.76. The third-order valence-corrected chi connectivity index (χ3v) is 6.58. The van der Waals surface area contributed by atoms with Gasteiger partial charge < -0.3 is 10.1 Å². The van der Waals surface area contributed by atoms with Crippen molar-refractivity contribution < 1.29 is 17.9 Å². The first kappa shape index (κ1) is 22.9. The zero-order chi connectivity index (χ0) is 21.6. The smallest absolute Gasteiger partial charge is 0.251 e. The van der Waals surface area contributed by atoms with Crippen molar-refractivity contribution in [3.63, 3.8) is 0 Å². The van der Waals surface area contributed by atoms with E-state index in [0.717, 1.165) is 18.4 Å². The maximum atomic E-state index is 12.9. The maximum Gasteiger partial charge on any atom is 0.251 e. The number of aryl methyl sites for hydroxylation is 1. The number of nitrogens with zero attached hydrogens (tertiary/aromatic N) is 1. The summed E-state index contributed by atoms with van der Waals surface area (Å²) in [4.78, 5) is 12.8. The van der Waals surface area contributed by atoms with Crippen LogP contribution in [0.25, 0.3) is 0 Å². The predicted molar refractivity (Wildman–Crippen MR) is 115 cm³/mol. The van der Waals surface area contributed by atoms with Gasteiger partial charge in [0, 0.05) is 30.8 Å². The Morgan fingerprint density at radius 3 is 2.41 bits per heavy atom. The highest BCUT2D eigenvalue weighted by Gasteiger charge is 2.22. The molecule has 0 aliphatic heterocycles. The highest BCUT2D eigenvalue weighted by atomic mass is 32.2. The molecule has 2 aromatic rings. The van der Waals surface area contributed by atoms with E-state index in [-0.39, 0.29) is 23.4 Å². The first-order valence-corrected chi connectivity index (χ1v) is 11.1. The summed E-state index contributed by atoms with van der Waals surface area (Å²) in [6.45, 7) is 6.03. The maximum absolute atomic E-state index is 12.9. The van der Waals surface area contributed by atoms with Gasteiger partial charge in [0.05, 0.1) is 12.0 Å². The fourth-order valence-electron chi connectivity index (χ4n) is 3.07. The van der Waals surface area contributed by atoms with E-state index in [9.17, 15) is 13.2 Å². The van der Waals surface area contributed by atoms with Crippen molar-refractivity contribution in [1.29, 1.82) is 0 Å². The van der Waals surface area contributed by atoms with Gasteiger partial charge >= 0.3 is 0 Å². The summed E-state index contributed by atoms with van der Waals surface area (Å²) >= 11 is 0. The molecule has 1 atom stereocenters. The first-order chi connectivity index (χ1) is 13.7. The zero-order valence-electron chi connectivity index (χ0n) is 17.7. The van der Waals surface area contributed by atoms with Crippen LogP contribution in [0.3, 0.4) is 0 Å². The summed E-state index contributed by atoms with van der Waals surface area (Å²) in [5.41, 5.74) is 2.09. The summed E-state index contributed by atoms with van der Waals surface area (Å²) in [7, 11) is -0.618. The molecule has 1 amide bonds. The normalized spacial score (nSPS) is 12.6. The highest BCUT2D eigenvalue weighted by molar-refractivity contribution is 7.89. The molecule has 158 valence electrons. The van der Waals surface area contributed by atoms with Crippen LogP contribution in [-0.2, 0) is 16.6 Å². The van der Waals surface area contributed by atoms with Gasteiger partial charge in [-0.05, 0) is 50.6 Å². The Kier molecular flexibility index (Phi) is 7.81. The molecule has 2 rings (SSSR count). The number of ether oxygens (including phenoxy) is 1. The van der Waals surface area contributed by atoms with Gasteiger partial charge in [-0.15, -0.1) is 0 Å². The lowest BCUT2D eigenvalue weighted by atomic mass is 10.1. The largest absolute Gasteiger partial charge is 0.496 e. The molecule has 0 heterocycles. The lowest BCUT2D eigenvalue weighted by Crippen LogP contribution is -2.32. The minimum atomic E-state index is -3.66. The molecule has 0 fully saturated rings. The molecule has 2 aromatic carbocycles. The van der Waals surface area contributed by atoms with Crippen molar-refractivity contribution in [2.45, 2.75) is 51.1 Å². The van der Waals surface area contributed by atoms with Gasteiger partial charge in [0.15, 0.2) is 0 Å². The summed E-state index contributed by atoms with van der Waals surface area (Å²) in [5.74, 6) is 0.355. The molecule has 0 spiro atoms. The number of methoxy groups -OCH3 is 1. The monoisotopic (exact) mass is 418 g/mol. The van der Waals surface area contributed by atoms with Crippen molar-refractivity contribution >= 4 is 15.9 Å². The SMILES string of the molecule is CCCC(C)NC(=O)c1ccc(OC)c(CN(C)S(=O)(=O)c2ccc(C)cc2)c1. The molecule has 1 unspecified atom stereocenters. The van der Waals surface area contributed by atoms with Crippen molar-refractivity contribution in [1.82, 2.24) is 9.62 Å². The predicted octanol–water partition coefficient (Wildman–Crippen LogP) is 3.74. The lowest BCUT2D eigenvalue weighted by Gasteiger charge is -2.20. The summed E-state index contributed by atoms with van der Waals surface area (Å²) in [6.07, 6.45) is 1.88. The molecular formula is C22H30N2O4S. The van der Waals surface area contributed by atoms with Gasteiger partial charge in [0.1, 0.15) is 5.75 Å². The molecule has 0 bridgehead atoms. The highest BCUT2D eigenvalue weighted by Crippen LogP contribution is 2.24. The lowest BCUT2D eigenvalue weighted by molar-refractivity contribution is 0.0938. The van der Waals surface area contributed by atoms with E-state index in [2.05, 4.69) is 12.2 Å². The number of amides is 1. The van der Waals surface area contributed by atoms with Crippen molar-refractivity contribution in [3.8, 4) is 5.75 Å². The van der Waals surface area contributed by atoms with Gasteiger partial charge in [0.25, 0.3) is 5.91 Å². The van der Waals surface area contributed by atoms with Gasteiger partial charge in [-0.1, -0.05) is 31.0 Å². The van der Waals surface area contributed by atoms with Gasteiger partial charge in [-0.2, -0.15) is 4.31 Å². The number of benzene rings is 2. The number of rotatable bonds is 9. The van der Waals surface area contributed by atoms with Crippen LogP contribution in [0.15, 0.2) is 47.4 Å².